The first-order valence-electron chi connectivity index (χ1n) is 10.9. The average molecular weight is 435 g/mol. The van der Waals surface area contributed by atoms with E-state index < -0.39 is 6.09 Å². The molecule has 2 aliphatic heterocycles. The van der Waals surface area contributed by atoms with Crippen molar-refractivity contribution >= 4 is 34.4 Å². The zero-order valence-electron chi connectivity index (χ0n) is 17.6. The van der Waals surface area contributed by atoms with Crippen molar-refractivity contribution in [2.75, 3.05) is 29.9 Å². The Bertz CT molecular complexity index is 1170. The molecule has 3 aromatic rings. The number of urea groups is 1. The summed E-state index contributed by atoms with van der Waals surface area (Å²) in [5.41, 5.74) is 2.99. The van der Waals surface area contributed by atoms with Crippen molar-refractivity contribution in [2.24, 2.45) is 0 Å². The predicted octanol–water partition coefficient (Wildman–Crippen LogP) is 4.20. The highest BCUT2D eigenvalue weighted by Crippen LogP contribution is 2.40. The van der Waals surface area contributed by atoms with Crippen LogP contribution in [0.2, 0.25) is 0 Å². The van der Waals surface area contributed by atoms with Gasteiger partial charge in [0.1, 0.15) is 5.75 Å². The van der Waals surface area contributed by atoms with Gasteiger partial charge in [-0.1, -0.05) is 18.2 Å². The number of para-hydroxylation sites is 1. The quantitative estimate of drug-likeness (QED) is 0.569. The van der Waals surface area contributed by atoms with Crippen LogP contribution in [0, 0.1) is 0 Å². The van der Waals surface area contributed by atoms with E-state index in [1.807, 2.05) is 12.1 Å². The van der Waals surface area contributed by atoms with Crippen LogP contribution in [0.4, 0.5) is 21.0 Å². The van der Waals surface area contributed by atoms with Gasteiger partial charge in [-0.3, -0.25) is 0 Å². The third-order valence-electron chi connectivity index (χ3n) is 6.10. The number of fused-ring (bicyclic) bond motifs is 2. The van der Waals surface area contributed by atoms with Gasteiger partial charge in [-0.15, -0.1) is 0 Å². The second kappa shape index (κ2) is 8.41. The molecular weight excluding hydrogens is 410 g/mol. The van der Waals surface area contributed by atoms with E-state index in [1.165, 1.54) is 25.5 Å². The molecule has 2 amide bonds. The lowest BCUT2D eigenvalue weighted by molar-refractivity contribution is 0.194. The molecule has 3 N–H and O–H groups in total. The summed E-state index contributed by atoms with van der Waals surface area (Å²) in [4.78, 5) is 26.5. The van der Waals surface area contributed by atoms with E-state index in [0.717, 1.165) is 34.8 Å². The van der Waals surface area contributed by atoms with Gasteiger partial charge in [0.2, 0.25) is 0 Å². The van der Waals surface area contributed by atoms with E-state index >= 15 is 0 Å². The number of benzene rings is 2. The van der Waals surface area contributed by atoms with Crippen LogP contribution < -0.4 is 20.3 Å². The number of piperidine rings is 1. The second-order valence-corrected chi connectivity index (χ2v) is 8.11. The van der Waals surface area contributed by atoms with Crippen molar-refractivity contribution in [1.82, 2.24) is 15.1 Å². The Morgan fingerprint density at radius 3 is 2.72 bits per heavy atom. The zero-order valence-corrected chi connectivity index (χ0v) is 17.6. The normalized spacial score (nSPS) is 18.0. The number of rotatable bonds is 3. The molecule has 9 heteroatoms. The summed E-state index contributed by atoms with van der Waals surface area (Å²) in [6, 6.07) is 10.6. The molecule has 9 nitrogen and oxygen atoms in total. The number of nitrogens with one attached hydrogen (secondary N) is 2. The minimum Gasteiger partial charge on any atom is -0.491 e. The zero-order chi connectivity index (χ0) is 22.1. The molecule has 3 heterocycles. The Labute approximate surface area is 185 Å². The molecule has 2 aromatic carbocycles. The summed E-state index contributed by atoms with van der Waals surface area (Å²) >= 11 is 0. The Balaban J connectivity index is 1.35. The number of aromatic nitrogens is 2. The van der Waals surface area contributed by atoms with Gasteiger partial charge in [0.15, 0.2) is 0 Å². The van der Waals surface area contributed by atoms with Crippen molar-refractivity contribution in [3.05, 3.63) is 48.2 Å². The van der Waals surface area contributed by atoms with Crippen molar-refractivity contribution in [1.29, 1.82) is 0 Å². The van der Waals surface area contributed by atoms with E-state index in [9.17, 15) is 14.7 Å². The van der Waals surface area contributed by atoms with E-state index in [1.54, 1.807) is 18.2 Å². The van der Waals surface area contributed by atoms with Crippen molar-refractivity contribution in [3.8, 4) is 5.75 Å². The lowest BCUT2D eigenvalue weighted by atomic mass is 9.98. The lowest BCUT2D eigenvalue weighted by Crippen LogP contribution is -2.36. The molecule has 5 rings (SSSR count). The lowest BCUT2D eigenvalue weighted by Gasteiger charge is -2.34. The SMILES string of the molecule is O=C(Nc1cccc2c1cnn2C(=O)O)NC1CCOc2c1cccc2N1CCCCC1. The minimum atomic E-state index is -1.18. The third kappa shape index (κ3) is 3.70. The molecule has 1 aromatic heterocycles. The van der Waals surface area contributed by atoms with Crippen molar-refractivity contribution in [3.63, 3.8) is 0 Å². The molecule has 1 saturated heterocycles. The Morgan fingerprint density at radius 1 is 1.09 bits per heavy atom. The fraction of sp³-hybridized carbons (Fsp3) is 0.348. The number of anilines is 2. The molecule has 0 saturated carbocycles. The van der Waals surface area contributed by atoms with Gasteiger partial charge in [-0.25, -0.2) is 9.59 Å². The predicted molar refractivity (Wildman–Crippen MR) is 121 cm³/mol. The summed E-state index contributed by atoms with van der Waals surface area (Å²) in [7, 11) is 0. The monoisotopic (exact) mass is 435 g/mol. The van der Waals surface area contributed by atoms with Crippen molar-refractivity contribution in [2.45, 2.75) is 31.7 Å². The van der Waals surface area contributed by atoms with Crippen LogP contribution in [-0.2, 0) is 0 Å². The molecule has 0 spiro atoms. The summed E-state index contributed by atoms with van der Waals surface area (Å²) in [5, 5.41) is 19.6. The maximum absolute atomic E-state index is 12.8. The van der Waals surface area contributed by atoms with Crippen LogP contribution in [0.5, 0.6) is 5.75 Å². The third-order valence-corrected chi connectivity index (χ3v) is 6.10. The fourth-order valence-electron chi connectivity index (χ4n) is 4.57. The second-order valence-electron chi connectivity index (χ2n) is 8.11. The fourth-order valence-corrected chi connectivity index (χ4v) is 4.57. The highest BCUT2D eigenvalue weighted by molar-refractivity contribution is 6.02. The van der Waals surface area contributed by atoms with E-state index in [0.29, 0.717) is 29.6 Å². The van der Waals surface area contributed by atoms with Gasteiger partial charge < -0.3 is 25.4 Å². The number of hydrogen-bond acceptors (Lipinski definition) is 5. The molecule has 1 unspecified atom stereocenters. The summed E-state index contributed by atoms with van der Waals surface area (Å²) in [5.74, 6) is 0.857. The van der Waals surface area contributed by atoms with Crippen molar-refractivity contribution < 1.29 is 19.4 Å². The summed E-state index contributed by atoms with van der Waals surface area (Å²) in [6.45, 7) is 2.57. The maximum Gasteiger partial charge on any atom is 0.432 e. The Morgan fingerprint density at radius 2 is 1.91 bits per heavy atom. The Hall–Kier alpha value is -3.75. The smallest absolute Gasteiger partial charge is 0.432 e. The number of ether oxygens (including phenoxy) is 1. The number of carboxylic acid groups (broad SMARTS) is 1. The average Bonchev–Trinajstić information content (AvgIpc) is 3.25. The standard InChI is InChI=1S/C23H25N5O4/c29-22(25-17-7-5-8-19-16(17)14-24-28(19)23(30)31)26-18-10-13-32-21-15(18)6-4-9-20(21)27-11-2-1-3-12-27/h4-9,14,18H,1-3,10-13H2,(H,30,31)(H2,25,26,29). The molecule has 2 aliphatic rings. The first-order chi connectivity index (χ1) is 15.6. The molecule has 1 atom stereocenters. The van der Waals surface area contributed by atoms with Gasteiger partial charge in [-0.05, 0) is 37.5 Å². The van der Waals surface area contributed by atoms with Gasteiger partial charge in [0.25, 0.3) is 0 Å². The van der Waals surface area contributed by atoms with Crippen LogP contribution in [-0.4, -0.2) is 46.7 Å². The van der Waals surface area contributed by atoms with Crippen LogP contribution >= 0.6 is 0 Å². The summed E-state index contributed by atoms with van der Waals surface area (Å²) in [6.07, 6.45) is 4.55. The van der Waals surface area contributed by atoms with Gasteiger partial charge in [-0.2, -0.15) is 9.78 Å². The number of amides is 2. The molecule has 0 aliphatic carbocycles. The molecule has 32 heavy (non-hydrogen) atoms. The van der Waals surface area contributed by atoms with E-state index in [4.69, 9.17) is 4.74 Å². The van der Waals surface area contributed by atoms with Crippen LogP contribution in [0.25, 0.3) is 10.9 Å². The number of carbonyl (C=O) groups is 2. The highest BCUT2D eigenvalue weighted by Gasteiger charge is 2.27. The van der Waals surface area contributed by atoms with Crippen LogP contribution in [0.1, 0.15) is 37.3 Å². The minimum absolute atomic E-state index is 0.176. The van der Waals surface area contributed by atoms with Crippen LogP contribution in [0.3, 0.4) is 0 Å². The first kappa shape index (κ1) is 20.2. The van der Waals surface area contributed by atoms with E-state index in [2.05, 4.69) is 26.7 Å². The van der Waals surface area contributed by atoms with E-state index in [-0.39, 0.29) is 12.1 Å². The number of nitrogens with zero attached hydrogens (tertiary/aromatic N) is 3. The molecule has 0 radical (unpaired) electrons. The van der Waals surface area contributed by atoms with Gasteiger partial charge >= 0.3 is 12.1 Å². The first-order valence-corrected chi connectivity index (χ1v) is 10.9. The maximum atomic E-state index is 12.8. The largest absolute Gasteiger partial charge is 0.491 e. The van der Waals surface area contributed by atoms with Crippen LogP contribution in [0.15, 0.2) is 42.6 Å². The highest BCUT2D eigenvalue weighted by atomic mass is 16.5. The number of carbonyl (C=O) groups excluding carboxylic acids is 1. The molecule has 0 bridgehead atoms. The number of hydrogen-bond donors (Lipinski definition) is 3. The van der Waals surface area contributed by atoms with Gasteiger partial charge in [0.05, 0.1) is 35.7 Å². The molecular formula is C23H25N5O4. The topological polar surface area (TPSA) is 109 Å². The molecule has 1 fully saturated rings. The molecule has 166 valence electrons. The van der Waals surface area contributed by atoms with Gasteiger partial charge in [0, 0.05) is 30.5 Å². The Kier molecular flexibility index (Phi) is 5.30. The summed E-state index contributed by atoms with van der Waals surface area (Å²) < 4.78 is 6.92.